The van der Waals surface area contributed by atoms with Crippen LogP contribution in [0.4, 0.5) is 0 Å². The normalized spacial score (nSPS) is 11.8. The Bertz CT molecular complexity index is 595. The van der Waals surface area contributed by atoms with Crippen LogP contribution in [0.2, 0.25) is 0 Å². The first-order chi connectivity index (χ1) is 7.88. The minimum absolute atomic E-state index is 0.124. The van der Waals surface area contributed by atoms with Crippen molar-refractivity contribution in [2.24, 2.45) is 0 Å². The van der Waals surface area contributed by atoms with E-state index in [1.54, 1.807) is 11.3 Å². The molecule has 0 aliphatic carbocycles. The fourth-order valence-electron chi connectivity index (χ4n) is 1.37. The van der Waals surface area contributed by atoms with Crippen molar-refractivity contribution >= 4 is 27.3 Å². The van der Waals surface area contributed by atoms with Crippen LogP contribution in [0.15, 0.2) is 27.6 Å². The Hall–Kier alpha value is -0.940. The quantitative estimate of drug-likeness (QED) is 0.875. The van der Waals surface area contributed by atoms with E-state index in [-0.39, 0.29) is 11.0 Å². The molecule has 0 amide bonds. The highest BCUT2D eigenvalue weighted by Crippen LogP contribution is 2.33. The number of nitrogens with zero attached hydrogens (tertiary/aromatic N) is 1. The number of H-pyrrole nitrogens is 1. The second-order valence-corrected chi connectivity index (χ2v) is 6.76. The van der Waals surface area contributed by atoms with Crippen molar-refractivity contribution in [1.29, 1.82) is 0 Å². The first-order valence-electron chi connectivity index (χ1n) is 5.23. The van der Waals surface area contributed by atoms with Crippen LogP contribution in [0, 0.1) is 0 Å². The zero-order valence-electron chi connectivity index (χ0n) is 9.87. The lowest BCUT2D eigenvalue weighted by molar-refractivity contribution is 0.604. The van der Waals surface area contributed by atoms with Gasteiger partial charge in [-0.3, -0.25) is 4.79 Å². The van der Waals surface area contributed by atoms with Gasteiger partial charge in [0.15, 0.2) is 0 Å². The third-order valence-corrected chi connectivity index (χ3v) is 4.42. The Labute approximate surface area is 112 Å². The summed E-state index contributed by atoms with van der Waals surface area (Å²) in [7, 11) is 0. The summed E-state index contributed by atoms with van der Waals surface area (Å²) in [5, 5.41) is 0. The van der Waals surface area contributed by atoms with E-state index in [4.69, 9.17) is 0 Å². The SMILES string of the molecule is CC(C)(C)c1ccc(-c2ncc(Br)c(=O)[nH]2)s1. The average Bonchev–Trinajstić information content (AvgIpc) is 2.70. The van der Waals surface area contributed by atoms with E-state index < -0.39 is 0 Å². The van der Waals surface area contributed by atoms with E-state index in [2.05, 4.69) is 52.7 Å². The van der Waals surface area contributed by atoms with Crippen molar-refractivity contribution < 1.29 is 0 Å². The van der Waals surface area contributed by atoms with Crippen LogP contribution < -0.4 is 5.56 Å². The van der Waals surface area contributed by atoms with Crippen molar-refractivity contribution in [2.45, 2.75) is 26.2 Å². The third kappa shape index (κ3) is 2.66. The van der Waals surface area contributed by atoms with Gasteiger partial charge in [-0.25, -0.2) is 4.98 Å². The fraction of sp³-hybridized carbons (Fsp3) is 0.333. The molecule has 0 radical (unpaired) electrons. The maximum atomic E-state index is 11.5. The highest BCUT2D eigenvalue weighted by atomic mass is 79.9. The molecule has 3 nitrogen and oxygen atoms in total. The van der Waals surface area contributed by atoms with E-state index in [9.17, 15) is 4.79 Å². The second-order valence-electron chi connectivity index (χ2n) is 4.82. The fourth-order valence-corrected chi connectivity index (χ4v) is 2.59. The van der Waals surface area contributed by atoms with E-state index in [0.717, 1.165) is 4.88 Å². The van der Waals surface area contributed by atoms with E-state index in [1.807, 2.05) is 6.07 Å². The molecule has 0 atom stereocenters. The summed E-state index contributed by atoms with van der Waals surface area (Å²) in [6.45, 7) is 6.50. The molecular formula is C12H13BrN2OS. The van der Waals surface area contributed by atoms with Gasteiger partial charge in [0, 0.05) is 11.1 Å². The van der Waals surface area contributed by atoms with E-state index >= 15 is 0 Å². The van der Waals surface area contributed by atoms with Crippen LogP contribution in [-0.4, -0.2) is 9.97 Å². The molecule has 5 heteroatoms. The summed E-state index contributed by atoms with van der Waals surface area (Å²) in [5.41, 5.74) is -0.0285. The number of hydrogen-bond acceptors (Lipinski definition) is 3. The molecule has 2 heterocycles. The lowest BCUT2D eigenvalue weighted by Crippen LogP contribution is -2.08. The highest BCUT2D eigenvalue weighted by Gasteiger charge is 2.17. The second kappa shape index (κ2) is 4.38. The van der Waals surface area contributed by atoms with Crippen molar-refractivity contribution in [3.05, 3.63) is 38.0 Å². The zero-order chi connectivity index (χ0) is 12.6. The van der Waals surface area contributed by atoms with Crippen LogP contribution in [0.3, 0.4) is 0 Å². The molecule has 0 fully saturated rings. The van der Waals surface area contributed by atoms with Crippen molar-refractivity contribution in [1.82, 2.24) is 9.97 Å². The van der Waals surface area contributed by atoms with Gasteiger partial charge in [0.25, 0.3) is 5.56 Å². The zero-order valence-corrected chi connectivity index (χ0v) is 12.3. The highest BCUT2D eigenvalue weighted by molar-refractivity contribution is 9.10. The summed E-state index contributed by atoms with van der Waals surface area (Å²) in [4.78, 5) is 20.7. The van der Waals surface area contributed by atoms with Crippen LogP contribution in [0.5, 0.6) is 0 Å². The van der Waals surface area contributed by atoms with Gasteiger partial charge in [0.1, 0.15) is 10.3 Å². The van der Waals surface area contributed by atoms with Gasteiger partial charge in [0.2, 0.25) is 0 Å². The molecule has 2 rings (SSSR count). The standard InChI is InChI=1S/C12H13BrN2OS/c1-12(2,3)9-5-4-8(17-9)10-14-6-7(13)11(16)15-10/h4-6H,1-3H3,(H,14,15,16). The third-order valence-electron chi connectivity index (χ3n) is 2.33. The van der Waals surface area contributed by atoms with Crippen LogP contribution in [0.1, 0.15) is 25.6 Å². The smallest absolute Gasteiger partial charge is 0.265 e. The molecule has 0 aromatic carbocycles. The maximum Gasteiger partial charge on any atom is 0.265 e. The van der Waals surface area contributed by atoms with Crippen molar-refractivity contribution in [3.8, 4) is 10.7 Å². The maximum absolute atomic E-state index is 11.5. The number of halogens is 1. The number of aromatic amines is 1. The lowest BCUT2D eigenvalue weighted by atomic mass is 9.95. The molecule has 1 N–H and O–H groups in total. The summed E-state index contributed by atoms with van der Waals surface area (Å²) in [5.74, 6) is 0.624. The Kier molecular flexibility index (Phi) is 3.23. The molecular weight excluding hydrogens is 300 g/mol. The van der Waals surface area contributed by atoms with Gasteiger partial charge in [-0.05, 0) is 33.5 Å². The largest absolute Gasteiger partial charge is 0.305 e. The van der Waals surface area contributed by atoms with Gasteiger partial charge < -0.3 is 4.98 Å². The number of thiophene rings is 1. The predicted molar refractivity (Wildman–Crippen MR) is 74.6 cm³/mol. The molecule has 0 aliphatic rings. The molecule has 0 spiro atoms. The molecule has 0 aliphatic heterocycles. The Morgan fingerprint density at radius 3 is 2.59 bits per heavy atom. The van der Waals surface area contributed by atoms with Crippen LogP contribution in [0.25, 0.3) is 10.7 Å². The minimum Gasteiger partial charge on any atom is -0.305 e. The molecule has 0 saturated carbocycles. The summed E-state index contributed by atoms with van der Waals surface area (Å²) >= 11 is 4.80. The first kappa shape index (κ1) is 12.5. The summed E-state index contributed by atoms with van der Waals surface area (Å²) in [6, 6.07) is 4.08. The number of aromatic nitrogens is 2. The molecule has 0 unspecified atom stereocenters. The predicted octanol–water partition coefficient (Wildman–Crippen LogP) is 3.56. The molecule has 2 aromatic rings. The topological polar surface area (TPSA) is 45.8 Å². The average molecular weight is 313 g/mol. The molecule has 0 saturated heterocycles. The minimum atomic E-state index is -0.152. The Morgan fingerprint density at radius 1 is 1.35 bits per heavy atom. The summed E-state index contributed by atoms with van der Waals surface area (Å²) in [6.07, 6.45) is 1.53. The van der Waals surface area contributed by atoms with Gasteiger partial charge in [0.05, 0.1) is 4.88 Å². The van der Waals surface area contributed by atoms with Gasteiger partial charge in [-0.2, -0.15) is 0 Å². The van der Waals surface area contributed by atoms with Crippen LogP contribution >= 0.6 is 27.3 Å². The molecule has 2 aromatic heterocycles. The molecule has 17 heavy (non-hydrogen) atoms. The monoisotopic (exact) mass is 312 g/mol. The van der Waals surface area contributed by atoms with Crippen molar-refractivity contribution in [3.63, 3.8) is 0 Å². The number of hydrogen-bond donors (Lipinski definition) is 1. The van der Waals surface area contributed by atoms with Crippen molar-refractivity contribution in [2.75, 3.05) is 0 Å². The Balaban J connectivity index is 2.44. The first-order valence-corrected chi connectivity index (χ1v) is 6.84. The molecule has 90 valence electrons. The lowest BCUT2D eigenvalue weighted by Gasteiger charge is -2.15. The molecule has 0 bridgehead atoms. The van der Waals surface area contributed by atoms with E-state index in [0.29, 0.717) is 10.3 Å². The number of nitrogens with one attached hydrogen (secondary N) is 1. The van der Waals surface area contributed by atoms with E-state index in [1.165, 1.54) is 11.1 Å². The van der Waals surface area contributed by atoms with Gasteiger partial charge >= 0.3 is 0 Å². The number of rotatable bonds is 1. The summed E-state index contributed by atoms with van der Waals surface area (Å²) < 4.78 is 0.453. The van der Waals surface area contributed by atoms with Gasteiger partial charge in [-0.1, -0.05) is 20.8 Å². The van der Waals surface area contributed by atoms with Gasteiger partial charge in [-0.15, -0.1) is 11.3 Å². The van der Waals surface area contributed by atoms with Crippen LogP contribution in [-0.2, 0) is 5.41 Å². The Morgan fingerprint density at radius 2 is 2.06 bits per heavy atom.